The van der Waals surface area contributed by atoms with E-state index in [1.807, 2.05) is 26.0 Å². The van der Waals surface area contributed by atoms with Crippen LogP contribution in [0.2, 0.25) is 0 Å². The zero-order valence-corrected chi connectivity index (χ0v) is 10.2. The Morgan fingerprint density at radius 2 is 2.18 bits per heavy atom. The number of benzene rings is 1. The van der Waals surface area contributed by atoms with E-state index in [1.54, 1.807) is 12.1 Å². The van der Waals surface area contributed by atoms with E-state index in [1.165, 1.54) is 0 Å². The van der Waals surface area contributed by atoms with E-state index < -0.39 is 0 Å². The molecule has 92 valence electrons. The van der Waals surface area contributed by atoms with Crippen LogP contribution in [0.15, 0.2) is 24.3 Å². The number of aldehydes is 1. The second-order valence-electron chi connectivity index (χ2n) is 3.57. The first kappa shape index (κ1) is 13.4. The molecule has 1 rings (SSSR count). The van der Waals surface area contributed by atoms with E-state index in [9.17, 15) is 4.79 Å². The van der Waals surface area contributed by atoms with Gasteiger partial charge in [0, 0.05) is 17.9 Å². The van der Waals surface area contributed by atoms with Crippen molar-refractivity contribution in [2.24, 2.45) is 0 Å². The fourth-order valence-electron chi connectivity index (χ4n) is 1.54. The number of anilines is 1. The number of carbonyl (C=O) groups excluding carboxylic acids is 1. The minimum Gasteiger partial charge on any atom is -0.360 e. The maximum Gasteiger partial charge on any atom is 0.168 e. The molecule has 1 atom stereocenters. The van der Waals surface area contributed by atoms with Gasteiger partial charge in [0.15, 0.2) is 6.29 Å². The van der Waals surface area contributed by atoms with Crippen molar-refractivity contribution < 1.29 is 9.53 Å². The molecule has 0 bridgehead atoms. The van der Waals surface area contributed by atoms with Crippen LogP contribution < -0.4 is 5.32 Å². The summed E-state index contributed by atoms with van der Waals surface area (Å²) in [4.78, 5) is 10.7. The van der Waals surface area contributed by atoms with Crippen LogP contribution >= 0.6 is 0 Å². The van der Waals surface area contributed by atoms with E-state index in [0.717, 1.165) is 12.1 Å². The second kappa shape index (κ2) is 6.81. The van der Waals surface area contributed by atoms with Crippen molar-refractivity contribution in [3.63, 3.8) is 0 Å². The maximum absolute atomic E-state index is 10.7. The van der Waals surface area contributed by atoms with E-state index in [0.29, 0.717) is 18.5 Å². The highest BCUT2D eigenvalue weighted by Gasteiger charge is 2.10. The Morgan fingerprint density at radius 3 is 2.76 bits per heavy atom. The summed E-state index contributed by atoms with van der Waals surface area (Å²) >= 11 is 0. The summed E-state index contributed by atoms with van der Waals surface area (Å²) < 4.78 is 5.49. The highest BCUT2D eigenvalue weighted by molar-refractivity contribution is 6.36. The van der Waals surface area contributed by atoms with Crippen molar-refractivity contribution in [2.45, 2.75) is 26.5 Å². The highest BCUT2D eigenvalue weighted by atomic mass is 16.5. The van der Waals surface area contributed by atoms with E-state index in [4.69, 9.17) is 10.1 Å². The van der Waals surface area contributed by atoms with Gasteiger partial charge in [-0.3, -0.25) is 10.2 Å². The smallest absolute Gasteiger partial charge is 0.168 e. The van der Waals surface area contributed by atoms with Crippen LogP contribution in [0.3, 0.4) is 0 Å². The zero-order valence-electron chi connectivity index (χ0n) is 10.2. The standard InChI is InChI=1S/C13H18N2O2/c1-3-13(17-4-2)15-12-8-6-5-7-10(12)11(14)9-16/h5-9,13-15H,3-4H2,1-2H3. The van der Waals surface area contributed by atoms with Gasteiger partial charge in [-0.15, -0.1) is 0 Å². The number of para-hydroxylation sites is 1. The molecule has 0 spiro atoms. The van der Waals surface area contributed by atoms with Gasteiger partial charge in [-0.2, -0.15) is 0 Å². The Labute approximate surface area is 101 Å². The number of rotatable bonds is 7. The molecule has 0 fully saturated rings. The molecule has 0 heterocycles. The molecular formula is C13H18N2O2. The molecule has 0 radical (unpaired) electrons. The summed E-state index contributed by atoms with van der Waals surface area (Å²) in [5.41, 5.74) is 1.32. The maximum atomic E-state index is 10.7. The monoisotopic (exact) mass is 234 g/mol. The molecule has 1 aromatic carbocycles. The lowest BCUT2D eigenvalue weighted by atomic mass is 10.1. The molecule has 0 aromatic heterocycles. The molecule has 1 unspecified atom stereocenters. The minimum absolute atomic E-state index is 0.0283. The Kier molecular flexibility index (Phi) is 5.36. The van der Waals surface area contributed by atoms with Crippen molar-refractivity contribution in [3.05, 3.63) is 29.8 Å². The van der Waals surface area contributed by atoms with Gasteiger partial charge in [-0.05, 0) is 19.4 Å². The molecule has 4 heteroatoms. The number of carbonyl (C=O) groups is 1. The predicted octanol–water partition coefficient (Wildman–Crippen LogP) is 2.44. The van der Waals surface area contributed by atoms with Crippen molar-refractivity contribution in [3.8, 4) is 0 Å². The minimum atomic E-state index is -0.0967. The van der Waals surface area contributed by atoms with Gasteiger partial charge >= 0.3 is 0 Å². The lowest BCUT2D eigenvalue weighted by Crippen LogP contribution is -2.23. The third-order valence-electron chi connectivity index (χ3n) is 2.39. The average Bonchev–Trinajstić information content (AvgIpc) is 2.38. The molecule has 0 aliphatic heterocycles. The SMILES string of the molecule is CCOC(CC)Nc1ccccc1C(=N)C=O. The molecule has 0 aliphatic rings. The molecule has 0 aliphatic carbocycles. The Morgan fingerprint density at radius 1 is 1.47 bits per heavy atom. The normalized spacial score (nSPS) is 11.9. The fraction of sp³-hybridized carbons (Fsp3) is 0.385. The molecule has 17 heavy (non-hydrogen) atoms. The molecular weight excluding hydrogens is 216 g/mol. The van der Waals surface area contributed by atoms with E-state index in [-0.39, 0.29) is 11.9 Å². The molecule has 1 aromatic rings. The summed E-state index contributed by atoms with van der Waals surface area (Å²) in [6, 6.07) is 7.26. The first-order valence-electron chi connectivity index (χ1n) is 5.74. The molecule has 0 saturated carbocycles. The van der Waals surface area contributed by atoms with Crippen LogP contribution in [0.1, 0.15) is 25.8 Å². The van der Waals surface area contributed by atoms with E-state index in [2.05, 4.69) is 5.32 Å². The van der Waals surface area contributed by atoms with Crippen molar-refractivity contribution in [1.82, 2.24) is 0 Å². The number of ether oxygens (including phenoxy) is 1. The van der Waals surface area contributed by atoms with E-state index >= 15 is 0 Å². The van der Waals surface area contributed by atoms with Gasteiger partial charge in [0.1, 0.15) is 11.9 Å². The number of nitrogens with one attached hydrogen (secondary N) is 2. The highest BCUT2D eigenvalue weighted by Crippen LogP contribution is 2.17. The van der Waals surface area contributed by atoms with Crippen molar-refractivity contribution >= 4 is 17.7 Å². The average molecular weight is 234 g/mol. The molecule has 0 amide bonds. The Hall–Kier alpha value is -1.68. The largest absolute Gasteiger partial charge is 0.360 e. The van der Waals surface area contributed by atoms with Gasteiger partial charge in [0.25, 0.3) is 0 Å². The third kappa shape index (κ3) is 3.67. The topological polar surface area (TPSA) is 62.2 Å². The number of hydrogen-bond acceptors (Lipinski definition) is 4. The lowest BCUT2D eigenvalue weighted by molar-refractivity contribution is -0.102. The summed E-state index contributed by atoms with van der Waals surface area (Å²) in [5.74, 6) is 0. The fourth-order valence-corrected chi connectivity index (χ4v) is 1.54. The molecule has 0 saturated heterocycles. The number of hydrogen-bond donors (Lipinski definition) is 2. The predicted molar refractivity (Wildman–Crippen MR) is 68.7 cm³/mol. The van der Waals surface area contributed by atoms with Crippen LogP contribution in [0.4, 0.5) is 5.69 Å². The van der Waals surface area contributed by atoms with Gasteiger partial charge in [0.05, 0.1) is 0 Å². The van der Waals surface area contributed by atoms with Crippen molar-refractivity contribution in [1.29, 1.82) is 5.41 Å². The third-order valence-corrected chi connectivity index (χ3v) is 2.39. The van der Waals surface area contributed by atoms with Crippen LogP contribution in [-0.2, 0) is 9.53 Å². The second-order valence-corrected chi connectivity index (χ2v) is 3.57. The first-order chi connectivity index (χ1) is 8.22. The first-order valence-corrected chi connectivity index (χ1v) is 5.74. The van der Waals surface area contributed by atoms with Crippen molar-refractivity contribution in [2.75, 3.05) is 11.9 Å². The Balaban J connectivity index is 2.89. The van der Waals surface area contributed by atoms with Crippen LogP contribution in [0.25, 0.3) is 0 Å². The summed E-state index contributed by atoms with van der Waals surface area (Å²) in [7, 11) is 0. The van der Waals surface area contributed by atoms with Gasteiger partial charge in [0.2, 0.25) is 0 Å². The van der Waals surface area contributed by atoms with Crippen LogP contribution in [0, 0.1) is 5.41 Å². The summed E-state index contributed by atoms with van der Waals surface area (Å²) in [6.45, 7) is 4.57. The van der Waals surface area contributed by atoms with Gasteiger partial charge in [-0.25, -0.2) is 0 Å². The van der Waals surface area contributed by atoms with Gasteiger partial charge in [-0.1, -0.05) is 25.1 Å². The lowest BCUT2D eigenvalue weighted by Gasteiger charge is -2.19. The quantitative estimate of drug-likeness (QED) is 0.432. The van der Waals surface area contributed by atoms with Crippen LogP contribution in [-0.4, -0.2) is 24.8 Å². The summed E-state index contributed by atoms with van der Waals surface area (Å²) in [5, 5.41) is 10.8. The zero-order chi connectivity index (χ0) is 12.7. The van der Waals surface area contributed by atoms with Gasteiger partial charge < -0.3 is 10.1 Å². The molecule has 2 N–H and O–H groups in total. The summed E-state index contributed by atoms with van der Waals surface area (Å²) in [6.07, 6.45) is 1.26. The Bertz CT molecular complexity index is 391. The molecule has 4 nitrogen and oxygen atoms in total. The van der Waals surface area contributed by atoms with Crippen LogP contribution in [0.5, 0.6) is 0 Å².